The summed E-state index contributed by atoms with van der Waals surface area (Å²) in [6.45, 7) is 4.19. The molecule has 3 rings (SSSR count). The van der Waals surface area contributed by atoms with Gasteiger partial charge in [-0.15, -0.1) is 0 Å². The number of aryl methyl sites for hydroxylation is 2. The van der Waals surface area contributed by atoms with Gasteiger partial charge in [-0.3, -0.25) is 14.7 Å². The van der Waals surface area contributed by atoms with Crippen LogP contribution in [-0.4, -0.2) is 64.0 Å². The van der Waals surface area contributed by atoms with Crippen molar-refractivity contribution < 1.29 is 19.1 Å². The fourth-order valence-corrected chi connectivity index (χ4v) is 3.48. The number of H-pyrrole nitrogens is 1. The minimum Gasteiger partial charge on any atom is -0.507 e. The Bertz CT molecular complexity index is 945. The molecule has 0 spiro atoms. The SMILES string of the molecule is Cc1n[nH]c(C)c1C(O)=C1C(=O)C(=O)N(CCN(C)C)C1c1cccc(F)c1. The van der Waals surface area contributed by atoms with E-state index in [-0.39, 0.29) is 17.9 Å². The summed E-state index contributed by atoms with van der Waals surface area (Å²) < 4.78 is 13.9. The van der Waals surface area contributed by atoms with Crippen LogP contribution in [0.25, 0.3) is 5.76 Å². The molecule has 1 unspecified atom stereocenters. The number of likely N-dealkylation sites (tertiary alicyclic amines) is 1. The molecule has 0 aliphatic carbocycles. The van der Waals surface area contributed by atoms with Crippen molar-refractivity contribution in [3.63, 3.8) is 0 Å². The highest BCUT2D eigenvalue weighted by Gasteiger charge is 2.46. The first-order valence-electron chi connectivity index (χ1n) is 8.93. The van der Waals surface area contributed by atoms with Crippen molar-refractivity contribution in [2.75, 3.05) is 27.2 Å². The number of halogens is 1. The first kappa shape index (κ1) is 19.8. The number of likely N-dealkylation sites (N-methyl/N-ethyl adjacent to an activating group) is 1. The first-order chi connectivity index (χ1) is 13.2. The lowest BCUT2D eigenvalue weighted by atomic mass is 9.94. The number of hydrogen-bond donors (Lipinski definition) is 2. The number of Topliss-reactive ketones (excluding diaryl/α,β-unsaturated/α-hetero) is 1. The Labute approximate surface area is 162 Å². The van der Waals surface area contributed by atoms with Gasteiger partial charge >= 0.3 is 0 Å². The summed E-state index contributed by atoms with van der Waals surface area (Å²) in [5.41, 5.74) is 1.84. The Morgan fingerprint density at radius 2 is 2.04 bits per heavy atom. The van der Waals surface area contributed by atoms with E-state index in [1.165, 1.54) is 23.1 Å². The maximum absolute atomic E-state index is 13.9. The van der Waals surface area contributed by atoms with Crippen LogP contribution in [0.2, 0.25) is 0 Å². The Morgan fingerprint density at radius 1 is 1.32 bits per heavy atom. The molecule has 1 aliphatic heterocycles. The molecule has 28 heavy (non-hydrogen) atoms. The fraction of sp³-hybridized carbons (Fsp3) is 0.350. The van der Waals surface area contributed by atoms with Crippen LogP contribution >= 0.6 is 0 Å². The number of hydrogen-bond acceptors (Lipinski definition) is 5. The minimum absolute atomic E-state index is 0.0537. The summed E-state index contributed by atoms with van der Waals surface area (Å²) >= 11 is 0. The molecule has 148 valence electrons. The number of aromatic nitrogens is 2. The predicted octanol–water partition coefficient (Wildman–Crippen LogP) is 2.15. The number of carbonyl (C=O) groups excluding carboxylic acids is 2. The van der Waals surface area contributed by atoms with Crippen molar-refractivity contribution in [2.24, 2.45) is 0 Å². The highest BCUT2D eigenvalue weighted by Crippen LogP contribution is 2.40. The second-order valence-electron chi connectivity index (χ2n) is 7.16. The van der Waals surface area contributed by atoms with Crippen LogP contribution in [0.15, 0.2) is 29.8 Å². The van der Waals surface area contributed by atoms with Gasteiger partial charge in [0.2, 0.25) is 0 Å². The van der Waals surface area contributed by atoms with Gasteiger partial charge in [-0.2, -0.15) is 5.10 Å². The van der Waals surface area contributed by atoms with Crippen LogP contribution in [0.1, 0.15) is 28.6 Å². The van der Waals surface area contributed by atoms with Gasteiger partial charge in [-0.1, -0.05) is 12.1 Å². The third-order valence-electron chi connectivity index (χ3n) is 4.86. The largest absolute Gasteiger partial charge is 0.507 e. The summed E-state index contributed by atoms with van der Waals surface area (Å²) in [6, 6.07) is 4.86. The number of amides is 1. The molecule has 0 saturated carbocycles. The average molecular weight is 386 g/mol. The Balaban J connectivity index is 2.20. The number of benzene rings is 1. The standard InChI is InChI=1S/C20H23FN4O3/c1-11-15(12(2)23-22-11)18(26)16-17(13-6-5-7-14(21)10-13)25(9-8-24(3)4)20(28)19(16)27/h5-7,10,17,26H,8-9H2,1-4H3,(H,22,23). The van der Waals surface area contributed by atoms with Crippen LogP contribution in [0.5, 0.6) is 0 Å². The number of nitrogens with one attached hydrogen (secondary N) is 1. The summed E-state index contributed by atoms with van der Waals surface area (Å²) in [7, 11) is 3.71. The van der Waals surface area contributed by atoms with Crippen LogP contribution in [0.4, 0.5) is 4.39 Å². The minimum atomic E-state index is -0.871. The molecule has 1 fully saturated rings. The van der Waals surface area contributed by atoms with Gasteiger partial charge in [-0.25, -0.2) is 4.39 Å². The number of ketones is 1. The Kier molecular flexibility index (Phi) is 5.33. The molecule has 2 heterocycles. The molecule has 1 aromatic heterocycles. The van der Waals surface area contributed by atoms with Crippen LogP contribution in [-0.2, 0) is 9.59 Å². The van der Waals surface area contributed by atoms with Crippen LogP contribution in [0, 0.1) is 19.7 Å². The Morgan fingerprint density at radius 3 is 2.61 bits per heavy atom. The molecule has 0 bridgehead atoms. The van der Waals surface area contributed by atoms with Gasteiger partial charge in [0.15, 0.2) is 0 Å². The smallest absolute Gasteiger partial charge is 0.295 e. The summed E-state index contributed by atoms with van der Waals surface area (Å²) in [4.78, 5) is 28.8. The van der Waals surface area contributed by atoms with Crippen molar-refractivity contribution in [2.45, 2.75) is 19.9 Å². The van der Waals surface area contributed by atoms with E-state index in [4.69, 9.17) is 0 Å². The zero-order valence-electron chi connectivity index (χ0n) is 16.3. The molecule has 1 aliphatic rings. The molecule has 1 atom stereocenters. The van der Waals surface area contributed by atoms with Crippen molar-refractivity contribution in [3.05, 3.63) is 58.2 Å². The van der Waals surface area contributed by atoms with Crippen molar-refractivity contribution >= 4 is 17.4 Å². The maximum Gasteiger partial charge on any atom is 0.295 e. The lowest BCUT2D eigenvalue weighted by molar-refractivity contribution is -0.140. The van der Waals surface area contributed by atoms with Crippen LogP contribution in [0.3, 0.4) is 0 Å². The molecule has 2 aromatic rings. The maximum atomic E-state index is 13.9. The van der Waals surface area contributed by atoms with Crippen molar-refractivity contribution in [1.82, 2.24) is 20.0 Å². The van der Waals surface area contributed by atoms with E-state index in [9.17, 15) is 19.1 Å². The number of aromatic amines is 1. The quantitative estimate of drug-likeness (QED) is 0.467. The molecule has 1 saturated heterocycles. The van der Waals surface area contributed by atoms with E-state index in [0.717, 1.165) is 0 Å². The molecular weight excluding hydrogens is 363 g/mol. The normalized spacial score (nSPS) is 19.1. The third-order valence-corrected chi connectivity index (χ3v) is 4.86. The molecule has 1 amide bonds. The number of rotatable bonds is 5. The van der Waals surface area contributed by atoms with Gasteiger partial charge in [0.25, 0.3) is 11.7 Å². The molecular formula is C20H23FN4O3. The van der Waals surface area contributed by atoms with E-state index < -0.39 is 23.5 Å². The van der Waals surface area contributed by atoms with E-state index in [1.807, 2.05) is 19.0 Å². The summed E-state index contributed by atoms with van der Waals surface area (Å²) in [5.74, 6) is -2.28. The van der Waals surface area contributed by atoms with E-state index in [2.05, 4.69) is 10.2 Å². The number of carbonyl (C=O) groups is 2. The van der Waals surface area contributed by atoms with E-state index >= 15 is 0 Å². The van der Waals surface area contributed by atoms with Gasteiger partial charge in [0.1, 0.15) is 11.6 Å². The second-order valence-corrected chi connectivity index (χ2v) is 7.16. The third kappa shape index (κ3) is 3.43. The van der Waals surface area contributed by atoms with Crippen molar-refractivity contribution in [3.8, 4) is 0 Å². The summed E-state index contributed by atoms with van der Waals surface area (Å²) in [5, 5.41) is 17.8. The van der Waals surface area contributed by atoms with E-state index in [1.54, 1.807) is 19.9 Å². The number of aliphatic hydroxyl groups excluding tert-OH is 1. The topological polar surface area (TPSA) is 89.5 Å². The van der Waals surface area contributed by atoms with Crippen molar-refractivity contribution in [1.29, 1.82) is 0 Å². The monoisotopic (exact) mass is 386 g/mol. The Hall–Kier alpha value is -3.00. The predicted molar refractivity (Wildman–Crippen MR) is 102 cm³/mol. The molecule has 0 radical (unpaired) electrons. The fourth-order valence-electron chi connectivity index (χ4n) is 3.48. The highest BCUT2D eigenvalue weighted by atomic mass is 19.1. The zero-order valence-corrected chi connectivity index (χ0v) is 16.3. The molecule has 1 aromatic carbocycles. The second kappa shape index (κ2) is 7.55. The lowest BCUT2D eigenvalue weighted by Crippen LogP contribution is -2.35. The highest BCUT2D eigenvalue weighted by molar-refractivity contribution is 6.46. The van der Waals surface area contributed by atoms with Gasteiger partial charge in [0.05, 0.1) is 22.9 Å². The zero-order chi connectivity index (χ0) is 20.6. The first-order valence-corrected chi connectivity index (χ1v) is 8.93. The van der Waals surface area contributed by atoms with Crippen LogP contribution < -0.4 is 0 Å². The molecule has 8 heteroatoms. The summed E-state index contributed by atoms with van der Waals surface area (Å²) in [6.07, 6.45) is 0. The lowest BCUT2D eigenvalue weighted by Gasteiger charge is -2.26. The number of aliphatic hydroxyl groups is 1. The molecule has 7 nitrogen and oxygen atoms in total. The van der Waals surface area contributed by atoms with Gasteiger partial charge in [-0.05, 0) is 45.6 Å². The van der Waals surface area contributed by atoms with E-state index in [0.29, 0.717) is 29.1 Å². The molecule has 2 N–H and O–H groups in total. The number of nitrogens with zero attached hydrogens (tertiary/aromatic N) is 3. The van der Waals surface area contributed by atoms with Gasteiger partial charge < -0.3 is 14.9 Å². The average Bonchev–Trinajstić information content (AvgIpc) is 3.09. The van der Waals surface area contributed by atoms with Gasteiger partial charge in [0, 0.05) is 18.8 Å².